The maximum absolute atomic E-state index is 11.0. The number of H-pyrrole nitrogens is 1. The molecule has 2 N–H and O–H groups in total. The van der Waals surface area contributed by atoms with Crippen LogP contribution in [0.2, 0.25) is 0 Å². The first-order chi connectivity index (χ1) is 14.0. The van der Waals surface area contributed by atoms with Crippen molar-refractivity contribution in [3.63, 3.8) is 0 Å². The van der Waals surface area contributed by atoms with Crippen molar-refractivity contribution in [1.29, 1.82) is 0 Å². The van der Waals surface area contributed by atoms with Gasteiger partial charge < -0.3 is 19.6 Å². The average molecular weight is 397 g/mol. The second-order valence-electron chi connectivity index (χ2n) is 8.31. The largest absolute Gasteiger partial charge is 0.501 e. The highest BCUT2D eigenvalue weighted by Crippen LogP contribution is 2.41. The molecule has 2 aliphatic rings. The Morgan fingerprint density at radius 3 is 2.69 bits per heavy atom. The average Bonchev–Trinajstić information content (AvgIpc) is 3.43. The Morgan fingerprint density at radius 1 is 1.34 bits per heavy atom. The van der Waals surface area contributed by atoms with Crippen molar-refractivity contribution in [2.24, 2.45) is 0 Å². The summed E-state index contributed by atoms with van der Waals surface area (Å²) in [5.74, 6) is 2.43. The number of aliphatic hydroxyl groups is 1. The van der Waals surface area contributed by atoms with Crippen LogP contribution in [-0.4, -0.2) is 34.9 Å². The molecule has 5 nitrogen and oxygen atoms in total. The van der Waals surface area contributed by atoms with E-state index in [1.807, 2.05) is 6.92 Å². The monoisotopic (exact) mass is 396 g/mol. The fourth-order valence-electron chi connectivity index (χ4n) is 4.06. The van der Waals surface area contributed by atoms with Gasteiger partial charge in [0, 0.05) is 23.7 Å². The van der Waals surface area contributed by atoms with Crippen molar-refractivity contribution < 1.29 is 14.6 Å². The molecule has 5 heteroatoms. The minimum absolute atomic E-state index is 0.151. The number of aliphatic hydroxyl groups excluding tert-OH is 1. The van der Waals surface area contributed by atoms with Crippen molar-refractivity contribution in [2.45, 2.75) is 71.0 Å². The Balaban J connectivity index is 1.86. The van der Waals surface area contributed by atoms with E-state index in [4.69, 9.17) is 14.5 Å². The summed E-state index contributed by atoms with van der Waals surface area (Å²) in [5.41, 5.74) is 5.99. The van der Waals surface area contributed by atoms with E-state index in [1.54, 1.807) is 7.11 Å². The zero-order valence-corrected chi connectivity index (χ0v) is 17.9. The second-order valence-corrected chi connectivity index (χ2v) is 8.31. The molecule has 29 heavy (non-hydrogen) atoms. The molecule has 2 atom stereocenters. The SMILES string of the molecule is CCCC=C(C)C(=C(C)OC)c1cc(C(O)C2CCO2)c2nc(C3CC3)[nH]c2c1. The second kappa shape index (κ2) is 8.33. The molecule has 1 aliphatic carbocycles. The van der Waals surface area contributed by atoms with Gasteiger partial charge in [0.05, 0.1) is 24.2 Å². The number of nitrogens with zero attached hydrogens (tertiary/aromatic N) is 1. The maximum Gasteiger partial charge on any atom is 0.110 e. The quantitative estimate of drug-likeness (QED) is 0.464. The predicted octanol–water partition coefficient (Wildman–Crippen LogP) is 5.39. The number of hydrogen-bond acceptors (Lipinski definition) is 4. The number of allylic oxidation sites excluding steroid dienone is 4. The van der Waals surface area contributed by atoms with E-state index >= 15 is 0 Å². The Kier molecular flexibility index (Phi) is 5.79. The summed E-state index contributed by atoms with van der Waals surface area (Å²) in [6.07, 6.45) is 6.80. The van der Waals surface area contributed by atoms with Gasteiger partial charge in [-0.05, 0) is 62.8 Å². The number of rotatable bonds is 8. The lowest BCUT2D eigenvalue weighted by molar-refractivity contribution is -0.117. The first kappa shape index (κ1) is 20.2. The fraction of sp³-hybridized carbons (Fsp3) is 0.542. The fourth-order valence-corrected chi connectivity index (χ4v) is 4.06. The number of hydrogen-bond donors (Lipinski definition) is 2. The van der Waals surface area contributed by atoms with Crippen molar-refractivity contribution >= 4 is 16.6 Å². The summed E-state index contributed by atoms with van der Waals surface area (Å²) in [6.45, 7) is 7.02. The van der Waals surface area contributed by atoms with Crippen LogP contribution >= 0.6 is 0 Å². The normalized spacial score (nSPS) is 21.7. The minimum Gasteiger partial charge on any atom is -0.501 e. The third kappa shape index (κ3) is 3.99. The van der Waals surface area contributed by atoms with Crippen LogP contribution in [0.1, 0.15) is 81.8 Å². The smallest absolute Gasteiger partial charge is 0.110 e. The van der Waals surface area contributed by atoms with Crippen molar-refractivity contribution in [1.82, 2.24) is 9.97 Å². The standard InChI is InChI=1S/C24H32N2O3/c1-5-6-7-14(2)21(15(3)28-4)17-12-18(23(27)20-10-11-29-20)22-19(13-17)25-24(26-22)16-8-9-16/h7,12-13,16,20,23,27H,5-6,8-11H2,1-4H3,(H,25,26). The molecule has 0 radical (unpaired) electrons. The topological polar surface area (TPSA) is 67.4 Å². The Hall–Kier alpha value is -2.11. The first-order valence-electron chi connectivity index (χ1n) is 10.8. The number of unbranched alkanes of at least 4 members (excludes halogenated alkanes) is 1. The molecule has 156 valence electrons. The highest BCUT2D eigenvalue weighted by Gasteiger charge is 2.32. The third-order valence-electron chi connectivity index (χ3n) is 6.08. The molecule has 1 aromatic carbocycles. The van der Waals surface area contributed by atoms with Crippen LogP contribution in [-0.2, 0) is 9.47 Å². The summed E-state index contributed by atoms with van der Waals surface area (Å²) in [6, 6.07) is 4.22. The van der Waals surface area contributed by atoms with E-state index < -0.39 is 6.10 Å². The molecule has 4 rings (SSSR count). The lowest BCUT2D eigenvalue weighted by Crippen LogP contribution is -2.33. The molecule has 2 aromatic rings. The molecule has 2 unspecified atom stereocenters. The summed E-state index contributed by atoms with van der Waals surface area (Å²) in [4.78, 5) is 8.38. The van der Waals surface area contributed by atoms with Crippen LogP contribution in [0.5, 0.6) is 0 Å². The summed E-state index contributed by atoms with van der Waals surface area (Å²) < 4.78 is 11.2. The number of aromatic nitrogens is 2. The highest BCUT2D eigenvalue weighted by atomic mass is 16.5. The lowest BCUT2D eigenvalue weighted by atomic mass is 9.91. The van der Waals surface area contributed by atoms with Gasteiger partial charge >= 0.3 is 0 Å². The van der Waals surface area contributed by atoms with E-state index in [0.29, 0.717) is 12.5 Å². The maximum atomic E-state index is 11.0. The predicted molar refractivity (Wildman–Crippen MR) is 116 cm³/mol. The van der Waals surface area contributed by atoms with Gasteiger partial charge in [-0.15, -0.1) is 0 Å². The number of nitrogens with one attached hydrogen (secondary N) is 1. The molecule has 0 amide bonds. The van der Waals surface area contributed by atoms with Crippen molar-refractivity contribution in [3.05, 3.63) is 46.5 Å². The van der Waals surface area contributed by atoms with Crippen LogP contribution < -0.4 is 0 Å². The molecule has 1 aromatic heterocycles. The zero-order chi connectivity index (χ0) is 20.5. The van der Waals surface area contributed by atoms with Gasteiger partial charge in [0.2, 0.25) is 0 Å². The van der Waals surface area contributed by atoms with Crippen LogP contribution in [0.4, 0.5) is 0 Å². The minimum atomic E-state index is -0.675. The summed E-state index contributed by atoms with van der Waals surface area (Å²) in [5, 5.41) is 11.0. The number of methoxy groups -OCH3 is 1. The van der Waals surface area contributed by atoms with Crippen LogP contribution in [0.15, 0.2) is 29.5 Å². The van der Waals surface area contributed by atoms with Gasteiger partial charge in [0.15, 0.2) is 0 Å². The van der Waals surface area contributed by atoms with Crippen molar-refractivity contribution in [3.8, 4) is 0 Å². The van der Waals surface area contributed by atoms with E-state index in [1.165, 1.54) is 18.4 Å². The molecule has 1 aliphatic heterocycles. The Bertz CT molecular complexity index is 948. The van der Waals surface area contributed by atoms with Crippen molar-refractivity contribution in [2.75, 3.05) is 13.7 Å². The number of ether oxygens (including phenoxy) is 2. The molecule has 2 heterocycles. The molecule has 0 bridgehead atoms. The van der Waals surface area contributed by atoms with E-state index in [0.717, 1.165) is 58.6 Å². The third-order valence-corrected chi connectivity index (χ3v) is 6.08. The number of benzene rings is 1. The van der Waals surface area contributed by atoms with Gasteiger partial charge in [-0.25, -0.2) is 4.98 Å². The van der Waals surface area contributed by atoms with Crippen LogP contribution in [0, 0.1) is 0 Å². The van der Waals surface area contributed by atoms with Gasteiger partial charge in [0.25, 0.3) is 0 Å². The number of aromatic amines is 1. The summed E-state index contributed by atoms with van der Waals surface area (Å²) >= 11 is 0. The first-order valence-corrected chi connectivity index (χ1v) is 10.8. The van der Waals surface area contributed by atoms with E-state index in [-0.39, 0.29) is 6.10 Å². The highest BCUT2D eigenvalue weighted by molar-refractivity contribution is 5.88. The van der Waals surface area contributed by atoms with Crippen LogP contribution in [0.25, 0.3) is 16.6 Å². The molecule has 0 spiro atoms. The van der Waals surface area contributed by atoms with Crippen LogP contribution in [0.3, 0.4) is 0 Å². The Labute approximate surface area is 172 Å². The van der Waals surface area contributed by atoms with Gasteiger partial charge in [-0.3, -0.25) is 0 Å². The zero-order valence-electron chi connectivity index (χ0n) is 17.9. The summed E-state index contributed by atoms with van der Waals surface area (Å²) in [7, 11) is 1.71. The lowest BCUT2D eigenvalue weighted by Gasteiger charge is -2.31. The van der Waals surface area contributed by atoms with Gasteiger partial charge in [-0.2, -0.15) is 0 Å². The molecule has 1 saturated heterocycles. The Morgan fingerprint density at radius 2 is 2.10 bits per heavy atom. The van der Waals surface area contributed by atoms with E-state index in [9.17, 15) is 5.11 Å². The van der Waals surface area contributed by atoms with Gasteiger partial charge in [0.1, 0.15) is 17.7 Å². The molecule has 1 saturated carbocycles. The molecule has 2 fully saturated rings. The van der Waals surface area contributed by atoms with E-state index in [2.05, 4.69) is 37.0 Å². The number of imidazole rings is 1. The number of fused-ring (bicyclic) bond motifs is 1. The molecular weight excluding hydrogens is 364 g/mol. The van der Waals surface area contributed by atoms with Gasteiger partial charge in [-0.1, -0.05) is 19.4 Å². The molecular formula is C24H32N2O3.